The van der Waals surface area contributed by atoms with Crippen LogP contribution in [0.25, 0.3) is 0 Å². The molecule has 0 aromatic rings. The van der Waals surface area contributed by atoms with E-state index >= 15 is 0 Å². The molecule has 1 fully saturated rings. The fourth-order valence-corrected chi connectivity index (χ4v) is 0.250. The van der Waals surface area contributed by atoms with Crippen LogP contribution >= 0.6 is 0 Å². The Morgan fingerprint density at radius 1 is 1.20 bits per heavy atom. The molecule has 0 atom stereocenters. The molecule has 1 N–H and O–H groups in total. The van der Waals surface area contributed by atoms with Crippen LogP contribution in [0.1, 0.15) is 32.6 Å². The molecule has 1 aliphatic carbocycles. The van der Waals surface area contributed by atoms with Crippen molar-refractivity contribution in [2.75, 3.05) is 5.75 Å². The van der Waals surface area contributed by atoms with E-state index in [9.17, 15) is 8.42 Å². The second-order valence-corrected chi connectivity index (χ2v) is 4.03. The summed E-state index contributed by atoms with van der Waals surface area (Å²) in [5, 5.41) is 0. The first-order valence-corrected chi connectivity index (χ1v) is 5.12. The molecule has 0 heterocycles. The van der Waals surface area contributed by atoms with E-state index in [1.807, 2.05) is 0 Å². The molecule has 3 nitrogen and oxygen atoms in total. The predicted molar refractivity (Wildman–Crippen MR) is 40.6 cm³/mol. The van der Waals surface area contributed by atoms with Crippen molar-refractivity contribution in [2.24, 2.45) is 0 Å². The number of hydrogen-bond donors (Lipinski definition) is 1. The van der Waals surface area contributed by atoms with Gasteiger partial charge in [-0.3, -0.25) is 4.55 Å². The fraction of sp³-hybridized carbons (Fsp3) is 1.00. The van der Waals surface area contributed by atoms with E-state index in [0.717, 1.165) is 0 Å². The first kappa shape index (κ1) is 9.91. The summed E-state index contributed by atoms with van der Waals surface area (Å²) >= 11 is 0. The van der Waals surface area contributed by atoms with Gasteiger partial charge in [-0.1, -0.05) is 25.7 Å². The van der Waals surface area contributed by atoms with Crippen molar-refractivity contribution in [3.8, 4) is 0 Å². The quantitative estimate of drug-likeness (QED) is 0.600. The first-order valence-electron chi connectivity index (χ1n) is 3.51. The van der Waals surface area contributed by atoms with Crippen molar-refractivity contribution in [1.82, 2.24) is 0 Å². The van der Waals surface area contributed by atoms with E-state index in [2.05, 4.69) is 0 Å². The molecule has 0 unspecified atom stereocenters. The van der Waals surface area contributed by atoms with Crippen molar-refractivity contribution in [3.63, 3.8) is 0 Å². The van der Waals surface area contributed by atoms with Crippen LogP contribution in [-0.2, 0) is 10.1 Å². The maximum absolute atomic E-state index is 9.56. The van der Waals surface area contributed by atoms with Gasteiger partial charge in [0.1, 0.15) is 0 Å². The smallest absolute Gasteiger partial charge is 0.264 e. The van der Waals surface area contributed by atoms with Crippen LogP contribution in [0.3, 0.4) is 0 Å². The van der Waals surface area contributed by atoms with Crippen molar-refractivity contribution >= 4 is 10.1 Å². The lowest BCUT2D eigenvalue weighted by Gasteiger charge is -2.05. The maximum atomic E-state index is 9.56. The minimum absolute atomic E-state index is 0.201. The minimum Gasteiger partial charge on any atom is -0.286 e. The van der Waals surface area contributed by atoms with Gasteiger partial charge in [-0.15, -0.1) is 0 Å². The average molecular weight is 166 g/mol. The Kier molecular flexibility index (Phi) is 4.64. The van der Waals surface area contributed by atoms with Gasteiger partial charge in [-0.2, -0.15) is 8.42 Å². The molecule has 0 aromatic carbocycles. The normalized spacial score (nSPS) is 16.6. The third-order valence-corrected chi connectivity index (χ3v) is 2.09. The highest BCUT2D eigenvalue weighted by molar-refractivity contribution is 7.85. The van der Waals surface area contributed by atoms with Gasteiger partial charge in [0.25, 0.3) is 10.1 Å². The molecular formula is C6H14O3S. The molecule has 4 heteroatoms. The Hall–Kier alpha value is -0.0900. The average Bonchev–Trinajstić information content (AvgIpc) is 1.59. The molecule has 10 heavy (non-hydrogen) atoms. The molecule has 1 aliphatic rings. The minimum atomic E-state index is -3.66. The lowest BCUT2D eigenvalue weighted by molar-refractivity contribution is 0.484. The van der Waals surface area contributed by atoms with E-state index in [1.54, 1.807) is 0 Å². The molecule has 0 aromatic heterocycles. The summed E-state index contributed by atoms with van der Waals surface area (Å²) in [7, 11) is -3.66. The van der Waals surface area contributed by atoms with Gasteiger partial charge in [0, 0.05) is 0 Å². The van der Waals surface area contributed by atoms with Crippen LogP contribution < -0.4 is 0 Å². The van der Waals surface area contributed by atoms with Gasteiger partial charge in [0.05, 0.1) is 5.75 Å². The maximum Gasteiger partial charge on any atom is 0.264 e. The Morgan fingerprint density at radius 3 is 1.40 bits per heavy atom. The largest absolute Gasteiger partial charge is 0.286 e. The molecule has 0 spiro atoms. The molecule has 1 saturated carbocycles. The third kappa shape index (κ3) is 7.91. The third-order valence-electron chi connectivity index (χ3n) is 1.36. The summed E-state index contributed by atoms with van der Waals surface area (Å²) in [5.74, 6) is -0.201. The van der Waals surface area contributed by atoms with Crippen LogP contribution in [0.4, 0.5) is 0 Å². The van der Waals surface area contributed by atoms with E-state index in [-0.39, 0.29) is 5.75 Å². The zero-order chi connectivity index (χ0) is 8.04. The second kappa shape index (κ2) is 4.68. The van der Waals surface area contributed by atoms with Crippen LogP contribution in [0.15, 0.2) is 0 Å². The summed E-state index contributed by atoms with van der Waals surface area (Å²) in [6, 6.07) is 0. The molecule has 0 bridgehead atoms. The highest BCUT2D eigenvalue weighted by atomic mass is 32.2. The van der Waals surface area contributed by atoms with Crippen molar-refractivity contribution in [1.29, 1.82) is 0 Å². The Morgan fingerprint density at radius 2 is 1.40 bits per heavy atom. The molecule has 0 saturated heterocycles. The topological polar surface area (TPSA) is 54.4 Å². The molecular weight excluding hydrogens is 152 g/mol. The van der Waals surface area contributed by atoms with E-state index in [1.165, 1.54) is 32.6 Å². The van der Waals surface area contributed by atoms with Gasteiger partial charge < -0.3 is 0 Å². The summed E-state index contributed by atoms with van der Waals surface area (Å²) in [4.78, 5) is 0. The second-order valence-electron chi connectivity index (χ2n) is 2.28. The molecule has 0 aliphatic heterocycles. The molecule has 0 radical (unpaired) electrons. The highest BCUT2D eigenvalue weighted by Crippen LogP contribution is 2.15. The molecule has 0 amide bonds. The fourth-order valence-electron chi connectivity index (χ4n) is 0.250. The number of hydrogen-bond acceptors (Lipinski definition) is 2. The Labute approximate surface area is 62.2 Å². The zero-order valence-electron chi connectivity index (χ0n) is 6.21. The predicted octanol–water partition coefficient (Wildman–Crippen LogP) is 1.45. The van der Waals surface area contributed by atoms with Crippen LogP contribution in [0.2, 0.25) is 0 Å². The summed E-state index contributed by atoms with van der Waals surface area (Å²) in [6.45, 7) is 1.37. The molecule has 1 rings (SSSR count). The van der Waals surface area contributed by atoms with Crippen LogP contribution in [0.5, 0.6) is 0 Å². The standard InChI is InChI=1S/C4H8.C2H6O3S/c1-2-4-3-1;1-2-6(3,4)5/h1-4H2;2H2,1H3,(H,3,4,5). The van der Waals surface area contributed by atoms with Gasteiger partial charge >= 0.3 is 0 Å². The lowest BCUT2D eigenvalue weighted by Crippen LogP contribution is -1.97. The highest BCUT2D eigenvalue weighted by Gasteiger charge is 1.95. The Bertz CT molecular complexity index is 152. The van der Waals surface area contributed by atoms with E-state index in [0.29, 0.717) is 0 Å². The Balaban J connectivity index is 0.000000172. The molecule has 62 valence electrons. The summed E-state index contributed by atoms with van der Waals surface area (Å²) in [5.41, 5.74) is 0. The van der Waals surface area contributed by atoms with Gasteiger partial charge in [0.15, 0.2) is 0 Å². The van der Waals surface area contributed by atoms with Gasteiger partial charge in [0.2, 0.25) is 0 Å². The SMILES string of the molecule is C1CCC1.CCS(=O)(=O)O. The zero-order valence-corrected chi connectivity index (χ0v) is 7.02. The first-order chi connectivity index (χ1) is 4.56. The van der Waals surface area contributed by atoms with Crippen LogP contribution in [-0.4, -0.2) is 18.7 Å². The lowest BCUT2D eigenvalue weighted by atomic mass is 10.0. The van der Waals surface area contributed by atoms with Gasteiger partial charge in [-0.25, -0.2) is 0 Å². The number of rotatable bonds is 1. The van der Waals surface area contributed by atoms with Crippen LogP contribution in [0, 0.1) is 0 Å². The van der Waals surface area contributed by atoms with Crippen molar-refractivity contribution in [3.05, 3.63) is 0 Å². The van der Waals surface area contributed by atoms with E-state index < -0.39 is 10.1 Å². The summed E-state index contributed by atoms with van der Waals surface area (Å²) < 4.78 is 26.9. The van der Waals surface area contributed by atoms with E-state index in [4.69, 9.17) is 4.55 Å². The summed E-state index contributed by atoms with van der Waals surface area (Å²) in [6.07, 6.45) is 6.00. The van der Waals surface area contributed by atoms with Crippen molar-refractivity contribution < 1.29 is 13.0 Å². The van der Waals surface area contributed by atoms with Gasteiger partial charge in [-0.05, 0) is 6.92 Å². The van der Waals surface area contributed by atoms with Crippen molar-refractivity contribution in [2.45, 2.75) is 32.6 Å². The monoisotopic (exact) mass is 166 g/mol.